The van der Waals surface area contributed by atoms with Gasteiger partial charge >= 0.3 is 5.97 Å². The van der Waals surface area contributed by atoms with Crippen LogP contribution in [0, 0.1) is 0 Å². The van der Waals surface area contributed by atoms with Crippen molar-refractivity contribution in [1.29, 1.82) is 0 Å². The molecule has 0 saturated carbocycles. The van der Waals surface area contributed by atoms with Crippen LogP contribution in [0.5, 0.6) is 0 Å². The Morgan fingerprint density at radius 2 is 1.11 bits per heavy atom. The van der Waals surface area contributed by atoms with Crippen molar-refractivity contribution < 1.29 is 57.9 Å². The number of carbonyl (C=O) groups is 6. The summed E-state index contributed by atoms with van der Waals surface area (Å²) < 4.78 is 21.6. The Bertz CT molecular complexity index is 1290. The first-order valence-electron chi connectivity index (χ1n) is 28.0. The highest BCUT2D eigenvalue weighted by atomic mass is 16.5. The Labute approximate surface area is 451 Å². The molecule has 0 saturated heterocycles. The van der Waals surface area contributed by atoms with Gasteiger partial charge in [0.1, 0.15) is 12.3 Å². The Balaban J connectivity index is -0.000000336. The van der Waals surface area contributed by atoms with Gasteiger partial charge < -0.3 is 66.3 Å². The van der Waals surface area contributed by atoms with Gasteiger partial charge in [-0.2, -0.15) is 0 Å². The van der Waals surface area contributed by atoms with Crippen LogP contribution in [0.1, 0.15) is 204 Å². The summed E-state index contributed by atoms with van der Waals surface area (Å²) in [6.07, 6.45) is 22.3. The van der Waals surface area contributed by atoms with Gasteiger partial charge in [-0.3, -0.25) is 19.2 Å². The van der Waals surface area contributed by atoms with Gasteiger partial charge in [0.25, 0.3) is 0 Å². The molecule has 440 valence electrons. The van der Waals surface area contributed by atoms with Gasteiger partial charge in [-0.1, -0.05) is 132 Å². The van der Waals surface area contributed by atoms with Crippen LogP contribution in [0.25, 0.3) is 0 Å². The van der Waals surface area contributed by atoms with E-state index < -0.39 is 23.6 Å². The summed E-state index contributed by atoms with van der Waals surface area (Å²) in [5.41, 5.74) is 6.09. The lowest BCUT2D eigenvalue weighted by molar-refractivity contribution is -0.139. The Kier molecular flexibility index (Phi) is 73.8. The van der Waals surface area contributed by atoms with E-state index in [0.29, 0.717) is 84.5 Å². The summed E-state index contributed by atoms with van der Waals surface area (Å²) in [6, 6.07) is -1.42. The zero-order valence-electron chi connectivity index (χ0n) is 48.9. The number of aliphatic hydroxyl groups is 1. The van der Waals surface area contributed by atoms with Crippen molar-refractivity contribution >= 4 is 36.3 Å². The van der Waals surface area contributed by atoms with Gasteiger partial charge in [0.15, 0.2) is 5.78 Å². The zero-order valence-corrected chi connectivity index (χ0v) is 48.9. The molecule has 2 atom stereocenters. The maximum absolute atomic E-state index is 12.2. The fraction of sp³-hybridized carbons (Fsp3) is 0.821. The van der Waals surface area contributed by atoms with Crippen molar-refractivity contribution in [1.82, 2.24) is 26.6 Å². The molecule has 0 aliphatic carbocycles. The summed E-state index contributed by atoms with van der Waals surface area (Å²) >= 11 is 0. The van der Waals surface area contributed by atoms with Crippen molar-refractivity contribution in [3.8, 4) is 0 Å². The minimum absolute atomic E-state index is 0.0540. The molecule has 0 aliphatic heterocycles. The Hall–Kier alpha value is -3.94. The van der Waals surface area contributed by atoms with Crippen molar-refractivity contribution in [3.63, 3.8) is 0 Å². The second kappa shape index (κ2) is 67.1. The largest absolute Gasteiger partial charge is 0.480 e. The number of allylic oxidation sites excluding steroid dienone is 1. The van der Waals surface area contributed by atoms with Gasteiger partial charge in [0.05, 0.1) is 57.8 Å². The van der Waals surface area contributed by atoms with Crippen LogP contribution in [-0.4, -0.2) is 144 Å². The molecule has 3 amide bonds. The lowest BCUT2D eigenvalue weighted by Gasteiger charge is -2.25. The van der Waals surface area contributed by atoms with Crippen molar-refractivity contribution in [2.24, 2.45) is 5.73 Å². The number of carboxylic acids is 1. The fourth-order valence-corrected chi connectivity index (χ4v) is 6.15. The molecule has 9 N–H and O–H groups in total. The van der Waals surface area contributed by atoms with Gasteiger partial charge in [-0.05, 0) is 66.2 Å². The lowest BCUT2D eigenvalue weighted by atomic mass is 9.94. The summed E-state index contributed by atoms with van der Waals surface area (Å²) in [7, 11) is 1.00. The number of aliphatic carboxylic acids is 1. The van der Waals surface area contributed by atoms with Gasteiger partial charge in [-0.15, -0.1) is 0 Å². The van der Waals surface area contributed by atoms with E-state index in [1.54, 1.807) is 20.8 Å². The maximum Gasteiger partial charge on any atom is 0.326 e. The van der Waals surface area contributed by atoms with E-state index in [2.05, 4.69) is 46.7 Å². The third kappa shape index (κ3) is 66.1. The highest BCUT2D eigenvalue weighted by molar-refractivity contribution is 5.93. The second-order valence-corrected chi connectivity index (χ2v) is 17.3. The predicted octanol–water partition coefficient (Wildman–Crippen LogP) is 8.47. The molecule has 0 radical (unpaired) electrons. The first-order chi connectivity index (χ1) is 35.6. The number of aliphatic hydroxyl groups excluding tert-OH is 1. The normalized spacial score (nSPS) is 10.9. The number of hydrogen-bond acceptors (Lipinski definition) is 14. The number of Topliss-reactive ketones (excluding diaryl/α,β-unsaturated/α-hetero) is 1. The van der Waals surface area contributed by atoms with E-state index >= 15 is 0 Å². The van der Waals surface area contributed by atoms with E-state index in [-0.39, 0.29) is 30.4 Å². The lowest BCUT2D eigenvalue weighted by Crippen LogP contribution is -2.53. The van der Waals surface area contributed by atoms with Gasteiger partial charge in [0, 0.05) is 64.0 Å². The molecule has 0 aromatic carbocycles. The van der Waals surface area contributed by atoms with Crippen LogP contribution in [0.2, 0.25) is 0 Å². The molecule has 0 heterocycles. The van der Waals surface area contributed by atoms with Crippen LogP contribution in [0.15, 0.2) is 24.6 Å². The van der Waals surface area contributed by atoms with Crippen molar-refractivity contribution in [2.45, 2.75) is 222 Å². The van der Waals surface area contributed by atoms with Crippen LogP contribution < -0.4 is 32.3 Å². The van der Waals surface area contributed by atoms with Crippen LogP contribution in [0.3, 0.4) is 0 Å². The topological polar surface area (TPSA) is 266 Å². The summed E-state index contributed by atoms with van der Waals surface area (Å²) in [5, 5.41) is 30.7. The Morgan fingerprint density at radius 1 is 0.622 bits per heavy atom. The molecular weight excluding hydrogens is 949 g/mol. The fourth-order valence-electron chi connectivity index (χ4n) is 6.15. The van der Waals surface area contributed by atoms with Crippen molar-refractivity contribution in [2.75, 3.05) is 79.6 Å². The summed E-state index contributed by atoms with van der Waals surface area (Å²) in [5.74, 6) is -1.43. The van der Waals surface area contributed by atoms with Gasteiger partial charge in [-0.25, -0.2) is 4.79 Å². The number of nitrogens with one attached hydrogen (secondary N) is 5. The average molecular weight is 1060 g/mol. The molecule has 0 aromatic rings. The molecule has 18 heteroatoms. The maximum atomic E-state index is 12.2. The molecule has 0 rings (SSSR count). The number of aldehydes is 1. The van der Waals surface area contributed by atoms with E-state index in [9.17, 15) is 33.9 Å². The minimum atomic E-state index is -0.984. The molecule has 0 bridgehead atoms. The first-order valence-corrected chi connectivity index (χ1v) is 28.0. The molecule has 0 spiro atoms. The van der Waals surface area contributed by atoms with Gasteiger partial charge in [0.2, 0.25) is 18.2 Å². The zero-order chi connectivity index (χ0) is 57.5. The van der Waals surface area contributed by atoms with Crippen molar-refractivity contribution in [3.05, 3.63) is 24.6 Å². The smallest absolute Gasteiger partial charge is 0.326 e. The minimum Gasteiger partial charge on any atom is -0.480 e. The molecule has 18 nitrogen and oxygen atoms in total. The first kappa shape index (κ1) is 81.4. The molecule has 74 heavy (non-hydrogen) atoms. The number of carboxylic acid groups (broad SMARTS) is 1. The third-order valence-electron chi connectivity index (χ3n) is 10.4. The summed E-state index contributed by atoms with van der Waals surface area (Å²) in [6.45, 7) is 32.7. The highest BCUT2D eigenvalue weighted by Crippen LogP contribution is 2.15. The Morgan fingerprint density at radius 3 is 1.58 bits per heavy atom. The van der Waals surface area contributed by atoms with E-state index in [0.717, 1.165) is 83.4 Å². The molecule has 2 unspecified atom stereocenters. The standard InChI is InChI=1S/C35H65N3O8.C11H22N2O2.C5H11NO.2C2H6.CH4O/c1-4-43-26-27-44-24-21-36-32(3)30-46-29-28-45-25-22-37-34(40)20-19-33(35(41)42)38-31(2)18-16-14-12-10-8-6-5-7-9-11-13-15-17-23-39;1-5-6-7-9(14)11(3,4)13-10(15)8(2)12;1-2-3-4-6-5-7;3*1-2/h23,33,36,38H,2-22,24-30H2,1H3,(H,37,40)(H,41,42);8H,5-7,12H2,1-4H3,(H,13,15);5H,2-4H2,1H3,(H,6,7);2*1-2H3;2H,1H3. The predicted molar refractivity (Wildman–Crippen MR) is 303 cm³/mol. The second-order valence-electron chi connectivity index (χ2n) is 17.3. The van der Waals surface area contributed by atoms with E-state index in [1.165, 1.54) is 57.8 Å². The number of rotatable bonds is 47. The summed E-state index contributed by atoms with van der Waals surface area (Å²) in [4.78, 5) is 66.8. The number of amides is 3. The van der Waals surface area contributed by atoms with Crippen LogP contribution in [-0.2, 0) is 47.7 Å². The molecule has 0 fully saturated rings. The van der Waals surface area contributed by atoms with E-state index in [1.807, 2.05) is 41.5 Å². The quantitative estimate of drug-likeness (QED) is 0.0210. The molecule has 0 aliphatic rings. The molecule has 0 aromatic heterocycles. The van der Waals surface area contributed by atoms with E-state index in [4.69, 9.17) is 29.8 Å². The monoisotopic (exact) mass is 1060 g/mol. The third-order valence-corrected chi connectivity index (χ3v) is 10.4. The highest BCUT2D eigenvalue weighted by Gasteiger charge is 2.29. The SMILES string of the molecule is C=C(COCCOCCNC(=O)CCC(NC(=C)CCCCCCCCCCCCCCC=O)C(=O)O)NCCOCCOCC.CC.CC.CCCCC(=O)C(C)(C)NC(=O)C(C)N.CCCCNC=O.CO. The average Bonchev–Trinajstić information content (AvgIpc) is 3.39. The number of hydrogen-bond donors (Lipinski definition) is 8. The number of ketones is 1. The number of carbonyl (C=O) groups excluding carboxylic acids is 5. The molecular formula is C56H114N6O12. The van der Waals surface area contributed by atoms with Crippen LogP contribution in [0.4, 0.5) is 0 Å². The van der Waals surface area contributed by atoms with Crippen LogP contribution >= 0.6 is 0 Å². The number of ether oxygens (including phenoxy) is 4. The number of nitrogens with two attached hydrogens (primary N) is 1. The number of unbranched alkanes of at least 4 members (excludes halogenated alkanes) is 14.